The first-order valence-corrected chi connectivity index (χ1v) is 7.58. The number of nitrogens with zero attached hydrogens (tertiary/aromatic N) is 2. The molecule has 1 aliphatic carbocycles. The molecule has 3 rings (SSSR count). The molecule has 8 heteroatoms. The van der Waals surface area contributed by atoms with Gasteiger partial charge in [0, 0.05) is 0 Å². The highest BCUT2D eigenvalue weighted by Gasteiger charge is 2.47. The molecule has 0 radical (unpaired) electrons. The second-order valence-corrected chi connectivity index (χ2v) is 6.18. The third kappa shape index (κ3) is 1.97. The summed E-state index contributed by atoms with van der Waals surface area (Å²) in [6.07, 6.45) is 2.30. The van der Waals surface area contributed by atoms with E-state index in [0.29, 0.717) is 34.6 Å². The van der Waals surface area contributed by atoms with Crippen LogP contribution in [-0.2, 0) is 4.79 Å². The number of thiocarbonyl (C=S) groups is 1. The van der Waals surface area contributed by atoms with Gasteiger partial charge in [-0.1, -0.05) is 30.2 Å². The minimum absolute atomic E-state index is 0.210. The van der Waals surface area contributed by atoms with Crippen molar-refractivity contribution in [3.8, 4) is 0 Å². The molecule has 104 valence electrons. The molecule has 2 aromatic rings. The first-order chi connectivity index (χ1) is 9.54. The number of nitrogens with two attached hydrogens (primary N) is 1. The average molecular weight is 327 g/mol. The van der Waals surface area contributed by atoms with Gasteiger partial charge in [0.25, 0.3) is 0 Å². The molecule has 0 aliphatic heterocycles. The van der Waals surface area contributed by atoms with Gasteiger partial charge in [-0.15, -0.1) is 0 Å². The molecule has 1 aliphatic rings. The minimum atomic E-state index is -0.746. The maximum atomic E-state index is 12.5. The number of aromatic nitrogens is 2. The standard InChI is InChI=1S/C12H11ClN4OS2/c13-6-2-3-7-9(17-20-16-7)8(6)15-11(18)12(10(14)19)4-1-5-12/h2-3H,1,4-5H2,(H2,14,19)(H,15,18). The van der Waals surface area contributed by atoms with Crippen molar-refractivity contribution >= 4 is 63.2 Å². The van der Waals surface area contributed by atoms with Gasteiger partial charge in [-0.05, 0) is 25.0 Å². The van der Waals surface area contributed by atoms with Crippen molar-refractivity contribution in [2.45, 2.75) is 19.3 Å². The number of nitrogens with one attached hydrogen (secondary N) is 1. The number of carbonyl (C=O) groups is 1. The third-order valence-electron chi connectivity index (χ3n) is 3.73. The van der Waals surface area contributed by atoms with Crippen LogP contribution >= 0.6 is 35.5 Å². The fourth-order valence-electron chi connectivity index (χ4n) is 2.29. The molecule has 1 saturated carbocycles. The summed E-state index contributed by atoms with van der Waals surface area (Å²) in [7, 11) is 0. The van der Waals surface area contributed by atoms with Gasteiger partial charge < -0.3 is 11.1 Å². The molecule has 1 fully saturated rings. The predicted octanol–water partition coefficient (Wildman–Crippen LogP) is 2.74. The van der Waals surface area contributed by atoms with Crippen molar-refractivity contribution in [1.82, 2.24) is 8.75 Å². The van der Waals surface area contributed by atoms with Gasteiger partial charge in [-0.3, -0.25) is 4.79 Å². The molecule has 1 amide bonds. The van der Waals surface area contributed by atoms with Gasteiger partial charge in [-0.2, -0.15) is 8.75 Å². The zero-order valence-electron chi connectivity index (χ0n) is 10.4. The lowest BCUT2D eigenvalue weighted by Crippen LogP contribution is -2.50. The number of benzene rings is 1. The Labute approximate surface area is 129 Å². The largest absolute Gasteiger partial charge is 0.392 e. The van der Waals surface area contributed by atoms with Crippen LogP contribution in [0, 0.1) is 5.41 Å². The van der Waals surface area contributed by atoms with E-state index < -0.39 is 5.41 Å². The molecule has 1 heterocycles. The lowest BCUT2D eigenvalue weighted by atomic mass is 9.68. The summed E-state index contributed by atoms with van der Waals surface area (Å²) in [5.74, 6) is -0.210. The lowest BCUT2D eigenvalue weighted by Gasteiger charge is -2.39. The van der Waals surface area contributed by atoms with E-state index in [1.54, 1.807) is 12.1 Å². The first-order valence-electron chi connectivity index (χ1n) is 6.07. The Hall–Kier alpha value is -1.31. The van der Waals surface area contributed by atoms with Crippen LogP contribution in [0.4, 0.5) is 5.69 Å². The molecule has 1 aromatic carbocycles. The van der Waals surface area contributed by atoms with Crippen molar-refractivity contribution in [1.29, 1.82) is 0 Å². The first kappa shape index (κ1) is 13.7. The summed E-state index contributed by atoms with van der Waals surface area (Å²) in [4.78, 5) is 12.7. The fraction of sp³-hybridized carbons (Fsp3) is 0.333. The highest BCUT2D eigenvalue weighted by Crippen LogP contribution is 2.43. The number of halogens is 1. The quantitative estimate of drug-likeness (QED) is 0.848. The molecule has 0 bridgehead atoms. The number of fused-ring (bicyclic) bond motifs is 1. The van der Waals surface area contributed by atoms with Gasteiger partial charge in [0.05, 0.1) is 32.8 Å². The Balaban J connectivity index is 1.97. The van der Waals surface area contributed by atoms with Gasteiger partial charge in [0.1, 0.15) is 11.0 Å². The Bertz CT molecular complexity index is 711. The molecule has 20 heavy (non-hydrogen) atoms. The average Bonchev–Trinajstić information content (AvgIpc) is 2.79. The molecule has 3 N–H and O–H groups in total. The predicted molar refractivity (Wildman–Crippen MR) is 84.1 cm³/mol. The topological polar surface area (TPSA) is 80.9 Å². The number of carbonyl (C=O) groups excluding carboxylic acids is 1. The zero-order valence-corrected chi connectivity index (χ0v) is 12.7. The highest BCUT2D eigenvalue weighted by molar-refractivity contribution is 7.80. The maximum absolute atomic E-state index is 12.5. The molecular weight excluding hydrogens is 316 g/mol. The molecule has 5 nitrogen and oxygen atoms in total. The van der Waals surface area contributed by atoms with E-state index in [4.69, 9.17) is 29.6 Å². The number of anilines is 1. The van der Waals surface area contributed by atoms with Gasteiger partial charge >= 0.3 is 0 Å². The van der Waals surface area contributed by atoms with Crippen molar-refractivity contribution in [2.75, 3.05) is 5.32 Å². The smallest absolute Gasteiger partial charge is 0.237 e. The van der Waals surface area contributed by atoms with E-state index in [9.17, 15) is 4.79 Å². The second-order valence-electron chi connectivity index (χ2n) is 4.81. The summed E-state index contributed by atoms with van der Waals surface area (Å²) in [5, 5.41) is 3.26. The second kappa shape index (κ2) is 4.91. The lowest BCUT2D eigenvalue weighted by molar-refractivity contribution is -0.125. The minimum Gasteiger partial charge on any atom is -0.392 e. The Morgan fingerprint density at radius 3 is 2.80 bits per heavy atom. The molecule has 0 atom stereocenters. The summed E-state index contributed by atoms with van der Waals surface area (Å²) < 4.78 is 8.30. The Morgan fingerprint density at radius 2 is 2.20 bits per heavy atom. The van der Waals surface area contributed by atoms with Crippen LogP contribution in [-0.4, -0.2) is 19.6 Å². The molecule has 0 spiro atoms. The normalized spacial score (nSPS) is 16.6. The zero-order chi connectivity index (χ0) is 14.3. The maximum Gasteiger partial charge on any atom is 0.237 e. The van der Waals surface area contributed by atoms with Gasteiger partial charge in [0.2, 0.25) is 5.91 Å². The van der Waals surface area contributed by atoms with E-state index in [-0.39, 0.29) is 10.9 Å². The van der Waals surface area contributed by atoms with Crippen molar-refractivity contribution < 1.29 is 4.79 Å². The number of hydrogen-bond acceptors (Lipinski definition) is 5. The van der Waals surface area contributed by atoms with E-state index in [0.717, 1.165) is 18.1 Å². The molecular formula is C12H11ClN4OS2. The van der Waals surface area contributed by atoms with Crippen LogP contribution in [0.1, 0.15) is 19.3 Å². The molecule has 1 aromatic heterocycles. The van der Waals surface area contributed by atoms with Crippen LogP contribution in [0.5, 0.6) is 0 Å². The van der Waals surface area contributed by atoms with Crippen LogP contribution in [0.3, 0.4) is 0 Å². The number of rotatable bonds is 3. The van der Waals surface area contributed by atoms with E-state index >= 15 is 0 Å². The summed E-state index contributed by atoms with van der Waals surface area (Å²) in [6, 6.07) is 3.46. The van der Waals surface area contributed by atoms with Crippen LogP contribution in [0.25, 0.3) is 11.0 Å². The molecule has 0 saturated heterocycles. The Kier molecular flexibility index (Phi) is 3.35. The summed E-state index contributed by atoms with van der Waals surface area (Å²) in [5.41, 5.74) is 6.75. The highest BCUT2D eigenvalue weighted by atomic mass is 35.5. The fourth-order valence-corrected chi connectivity index (χ4v) is 3.33. The SMILES string of the molecule is NC(=S)C1(C(=O)Nc2c(Cl)ccc3nsnc23)CCC1. The van der Waals surface area contributed by atoms with Crippen molar-refractivity contribution in [3.63, 3.8) is 0 Å². The summed E-state index contributed by atoms with van der Waals surface area (Å²) >= 11 is 12.3. The van der Waals surface area contributed by atoms with E-state index in [2.05, 4.69) is 14.1 Å². The monoisotopic (exact) mass is 326 g/mol. The van der Waals surface area contributed by atoms with Crippen LogP contribution < -0.4 is 11.1 Å². The number of hydrogen-bond donors (Lipinski definition) is 2. The number of amides is 1. The Morgan fingerprint density at radius 1 is 1.45 bits per heavy atom. The van der Waals surface area contributed by atoms with Crippen molar-refractivity contribution in [2.24, 2.45) is 11.1 Å². The van der Waals surface area contributed by atoms with Gasteiger partial charge in [0.15, 0.2) is 0 Å². The third-order valence-corrected chi connectivity index (χ3v) is 4.98. The summed E-state index contributed by atoms with van der Waals surface area (Å²) in [6.45, 7) is 0. The van der Waals surface area contributed by atoms with E-state index in [1.165, 1.54) is 0 Å². The van der Waals surface area contributed by atoms with Crippen LogP contribution in [0.15, 0.2) is 12.1 Å². The van der Waals surface area contributed by atoms with Crippen molar-refractivity contribution in [3.05, 3.63) is 17.2 Å². The van der Waals surface area contributed by atoms with E-state index in [1.807, 2.05) is 0 Å². The molecule has 0 unspecified atom stereocenters. The van der Waals surface area contributed by atoms with Crippen LogP contribution in [0.2, 0.25) is 5.02 Å². The van der Waals surface area contributed by atoms with Gasteiger partial charge in [-0.25, -0.2) is 0 Å².